The maximum Gasteiger partial charge on any atom is 0.284 e. The minimum atomic E-state index is -0.856. The second-order valence-electron chi connectivity index (χ2n) is 6.64. The fourth-order valence-corrected chi connectivity index (χ4v) is 3.60. The number of nitro benzene ring substituents is 3. The van der Waals surface area contributed by atoms with Crippen molar-refractivity contribution >= 4 is 29.1 Å². The molecule has 1 aliphatic rings. The first-order valence-corrected chi connectivity index (χ1v) is 8.63. The molecule has 0 saturated heterocycles. The van der Waals surface area contributed by atoms with E-state index in [1.165, 1.54) is 30.3 Å². The molecule has 0 spiro atoms. The van der Waals surface area contributed by atoms with Crippen LogP contribution in [0.4, 0.5) is 17.1 Å². The van der Waals surface area contributed by atoms with Crippen LogP contribution in [0.15, 0.2) is 48.5 Å². The summed E-state index contributed by atoms with van der Waals surface area (Å²) in [5, 5.41) is 34.3. The molecule has 3 aromatic rings. The standard InChI is InChI=1S/C20H9N3O8/c24-9-10-1-3-11(4-2-10)14-5-12(21(26)27)6-15-18(14)19-16(20(15)25)7-13(22(28)29)8-17(19)23(30)31/h1-9H. The maximum atomic E-state index is 13.0. The van der Waals surface area contributed by atoms with Gasteiger partial charge in [-0.1, -0.05) is 24.3 Å². The minimum absolute atomic E-state index is 0.0750. The molecule has 0 radical (unpaired) electrons. The third-order valence-electron chi connectivity index (χ3n) is 4.94. The molecule has 152 valence electrons. The lowest BCUT2D eigenvalue weighted by Gasteiger charge is -2.10. The van der Waals surface area contributed by atoms with E-state index < -0.39 is 37.6 Å². The van der Waals surface area contributed by atoms with Gasteiger partial charge in [-0.25, -0.2) is 0 Å². The molecule has 11 heteroatoms. The second-order valence-corrected chi connectivity index (χ2v) is 6.64. The molecular weight excluding hydrogens is 410 g/mol. The summed E-state index contributed by atoms with van der Waals surface area (Å²) in [6.45, 7) is 0. The first-order valence-electron chi connectivity index (χ1n) is 8.63. The lowest BCUT2D eigenvalue weighted by molar-refractivity contribution is -0.393. The fourth-order valence-electron chi connectivity index (χ4n) is 3.60. The molecule has 0 atom stereocenters. The molecule has 0 saturated carbocycles. The fraction of sp³-hybridized carbons (Fsp3) is 0. The number of hydrogen-bond donors (Lipinski definition) is 0. The number of benzene rings is 3. The van der Waals surface area contributed by atoms with Gasteiger partial charge in [0, 0.05) is 40.5 Å². The van der Waals surface area contributed by atoms with Gasteiger partial charge in [0.2, 0.25) is 0 Å². The molecule has 4 rings (SSSR count). The molecule has 0 bridgehead atoms. The Kier molecular flexibility index (Phi) is 4.35. The number of ketones is 1. The van der Waals surface area contributed by atoms with E-state index in [0.717, 1.165) is 18.2 Å². The summed E-state index contributed by atoms with van der Waals surface area (Å²) in [7, 11) is 0. The molecular formula is C20H9N3O8. The van der Waals surface area contributed by atoms with Crippen LogP contribution in [0.25, 0.3) is 22.3 Å². The third-order valence-corrected chi connectivity index (χ3v) is 4.94. The highest BCUT2D eigenvalue weighted by Gasteiger charge is 2.39. The molecule has 0 aromatic heterocycles. The van der Waals surface area contributed by atoms with Gasteiger partial charge in [-0.05, 0) is 11.1 Å². The van der Waals surface area contributed by atoms with E-state index in [2.05, 4.69) is 0 Å². The molecule has 11 nitrogen and oxygen atoms in total. The van der Waals surface area contributed by atoms with Gasteiger partial charge in [0.05, 0.1) is 26.4 Å². The molecule has 0 aliphatic heterocycles. The van der Waals surface area contributed by atoms with Crippen molar-refractivity contribution in [3.05, 3.63) is 95.6 Å². The Morgan fingerprint density at radius 3 is 1.71 bits per heavy atom. The minimum Gasteiger partial charge on any atom is -0.298 e. The number of nitro groups is 3. The Hall–Kier alpha value is -4.80. The van der Waals surface area contributed by atoms with Crippen molar-refractivity contribution in [3.8, 4) is 22.3 Å². The van der Waals surface area contributed by atoms with Gasteiger partial charge in [-0.15, -0.1) is 0 Å². The number of hydrogen-bond acceptors (Lipinski definition) is 8. The molecule has 1 aliphatic carbocycles. The Morgan fingerprint density at radius 1 is 0.677 bits per heavy atom. The predicted octanol–water partition coefficient (Wildman–Crippen LogP) is 4.10. The van der Waals surface area contributed by atoms with E-state index in [-0.39, 0.29) is 27.8 Å². The molecule has 0 fully saturated rings. The number of carbonyl (C=O) groups is 2. The van der Waals surface area contributed by atoms with E-state index >= 15 is 0 Å². The van der Waals surface area contributed by atoms with Crippen molar-refractivity contribution in [1.82, 2.24) is 0 Å². The maximum absolute atomic E-state index is 13.0. The van der Waals surface area contributed by atoms with Crippen molar-refractivity contribution in [1.29, 1.82) is 0 Å². The van der Waals surface area contributed by atoms with Crippen LogP contribution < -0.4 is 0 Å². The Labute approximate surface area is 172 Å². The van der Waals surface area contributed by atoms with Crippen LogP contribution in [0.5, 0.6) is 0 Å². The van der Waals surface area contributed by atoms with Crippen molar-refractivity contribution in [2.45, 2.75) is 0 Å². The monoisotopic (exact) mass is 419 g/mol. The average Bonchev–Trinajstić information content (AvgIpc) is 3.04. The van der Waals surface area contributed by atoms with Crippen LogP contribution in [0.1, 0.15) is 26.3 Å². The topological polar surface area (TPSA) is 164 Å². The van der Waals surface area contributed by atoms with Gasteiger partial charge < -0.3 is 0 Å². The highest BCUT2D eigenvalue weighted by atomic mass is 16.6. The third kappa shape index (κ3) is 3.00. The highest BCUT2D eigenvalue weighted by molar-refractivity contribution is 6.25. The van der Waals surface area contributed by atoms with Crippen molar-refractivity contribution < 1.29 is 24.4 Å². The van der Waals surface area contributed by atoms with Crippen molar-refractivity contribution in [2.75, 3.05) is 0 Å². The normalized spacial score (nSPS) is 11.5. The highest BCUT2D eigenvalue weighted by Crippen LogP contribution is 2.49. The van der Waals surface area contributed by atoms with E-state index in [1.807, 2.05) is 0 Å². The molecule has 0 unspecified atom stereocenters. The average molecular weight is 419 g/mol. The van der Waals surface area contributed by atoms with E-state index in [1.54, 1.807) is 0 Å². The van der Waals surface area contributed by atoms with Crippen LogP contribution >= 0.6 is 0 Å². The first kappa shape index (κ1) is 19.5. The molecule has 0 N–H and O–H groups in total. The molecule has 3 aromatic carbocycles. The quantitative estimate of drug-likeness (QED) is 0.265. The van der Waals surface area contributed by atoms with Crippen LogP contribution in [-0.4, -0.2) is 26.8 Å². The summed E-state index contributed by atoms with van der Waals surface area (Å²) in [6, 6.07) is 9.73. The lowest BCUT2D eigenvalue weighted by atomic mass is 9.92. The predicted molar refractivity (Wildman–Crippen MR) is 106 cm³/mol. The van der Waals surface area contributed by atoms with Crippen molar-refractivity contribution in [2.24, 2.45) is 0 Å². The Morgan fingerprint density at radius 2 is 1.19 bits per heavy atom. The van der Waals surface area contributed by atoms with Crippen molar-refractivity contribution in [3.63, 3.8) is 0 Å². The van der Waals surface area contributed by atoms with Gasteiger partial charge >= 0.3 is 0 Å². The number of non-ortho nitro benzene ring substituents is 2. The van der Waals surface area contributed by atoms with Gasteiger partial charge in [0.1, 0.15) is 6.29 Å². The smallest absolute Gasteiger partial charge is 0.284 e. The van der Waals surface area contributed by atoms with Crippen LogP contribution in [0.3, 0.4) is 0 Å². The summed E-state index contributed by atoms with van der Waals surface area (Å²) < 4.78 is 0. The molecule has 0 amide bonds. The number of nitrogens with zero attached hydrogens (tertiary/aromatic N) is 3. The number of aldehydes is 1. The van der Waals surface area contributed by atoms with Gasteiger partial charge in [-0.2, -0.15) is 0 Å². The Balaban J connectivity index is 2.12. The molecule has 0 heterocycles. The van der Waals surface area contributed by atoms with E-state index in [9.17, 15) is 39.9 Å². The summed E-state index contributed by atoms with van der Waals surface area (Å²) in [4.78, 5) is 55.8. The largest absolute Gasteiger partial charge is 0.298 e. The lowest BCUT2D eigenvalue weighted by Crippen LogP contribution is -2.00. The summed E-state index contributed by atoms with van der Waals surface area (Å²) in [5.74, 6) is -0.786. The number of fused-ring (bicyclic) bond motifs is 3. The summed E-state index contributed by atoms with van der Waals surface area (Å²) in [5.41, 5.74) is -1.36. The molecule has 31 heavy (non-hydrogen) atoms. The SMILES string of the molecule is O=Cc1ccc(-c2cc([N+](=O)[O-])cc3c2-c2c(cc([N+](=O)[O-])cc2[N+](=O)[O-])C3=O)cc1. The summed E-state index contributed by atoms with van der Waals surface area (Å²) >= 11 is 0. The zero-order valence-corrected chi connectivity index (χ0v) is 15.3. The van der Waals surface area contributed by atoms with Crippen LogP contribution in [-0.2, 0) is 0 Å². The number of rotatable bonds is 5. The zero-order valence-electron chi connectivity index (χ0n) is 15.3. The second kappa shape index (κ2) is 6.91. The number of carbonyl (C=O) groups excluding carboxylic acids is 2. The summed E-state index contributed by atoms with van der Waals surface area (Å²) in [6.07, 6.45) is 0.602. The first-order chi connectivity index (χ1) is 14.7. The Bertz CT molecular complexity index is 1350. The van der Waals surface area contributed by atoms with Gasteiger partial charge in [0.25, 0.3) is 17.1 Å². The zero-order chi connectivity index (χ0) is 22.4. The van der Waals surface area contributed by atoms with E-state index in [0.29, 0.717) is 17.4 Å². The van der Waals surface area contributed by atoms with E-state index in [4.69, 9.17) is 0 Å². The van der Waals surface area contributed by atoms with Gasteiger partial charge in [-0.3, -0.25) is 39.9 Å². The van der Waals surface area contributed by atoms with Crippen LogP contribution in [0, 0.1) is 30.3 Å². The van der Waals surface area contributed by atoms with Gasteiger partial charge in [0.15, 0.2) is 5.78 Å². The van der Waals surface area contributed by atoms with Crippen LogP contribution in [0.2, 0.25) is 0 Å².